The molecule has 7 heteroatoms. The van der Waals surface area contributed by atoms with E-state index in [2.05, 4.69) is 25.4 Å². The molecular formula is C15H14BrNO4S. The molecule has 2 aromatic carbocycles. The lowest BCUT2D eigenvalue weighted by Gasteiger charge is -2.09. The smallest absolute Gasteiger partial charge is 0.341 e. The highest BCUT2D eigenvalue weighted by molar-refractivity contribution is 9.10. The predicted octanol–water partition coefficient (Wildman–Crippen LogP) is 4.07. The quantitative estimate of drug-likeness (QED) is 0.599. The highest BCUT2D eigenvalue weighted by Crippen LogP contribution is 2.31. The second-order valence-electron chi connectivity index (χ2n) is 4.22. The lowest BCUT2D eigenvalue weighted by Crippen LogP contribution is -2.01. The van der Waals surface area contributed by atoms with Gasteiger partial charge in [0, 0.05) is 16.6 Å². The van der Waals surface area contributed by atoms with Crippen molar-refractivity contribution in [2.24, 2.45) is 0 Å². The van der Waals surface area contributed by atoms with Crippen LogP contribution in [-0.4, -0.2) is 25.3 Å². The van der Waals surface area contributed by atoms with Crippen LogP contribution in [-0.2, 0) is 4.74 Å². The van der Waals surface area contributed by atoms with Crippen LogP contribution >= 0.6 is 27.9 Å². The first-order valence-corrected chi connectivity index (χ1v) is 7.84. The maximum Gasteiger partial charge on any atom is 0.341 e. The van der Waals surface area contributed by atoms with E-state index in [4.69, 9.17) is 4.74 Å². The first-order valence-electron chi connectivity index (χ1n) is 6.23. The maximum atomic E-state index is 11.4. The number of hydrogen-bond acceptors (Lipinski definition) is 6. The number of nitrogens with one attached hydrogen (secondary N) is 1. The first-order chi connectivity index (χ1) is 10.5. The van der Waals surface area contributed by atoms with Crippen molar-refractivity contribution in [2.75, 3.05) is 18.9 Å². The Bertz CT molecular complexity index is 693. The Morgan fingerprint density at radius 1 is 1.23 bits per heavy atom. The number of anilines is 1. The number of ether oxygens (including phenoxy) is 2. The topological polar surface area (TPSA) is 67.8 Å². The number of hydrogen-bond donors (Lipinski definition) is 2. The van der Waals surface area contributed by atoms with Gasteiger partial charge in [-0.1, -0.05) is 0 Å². The molecule has 0 atom stereocenters. The van der Waals surface area contributed by atoms with Crippen molar-refractivity contribution in [3.05, 3.63) is 46.4 Å². The molecule has 0 unspecified atom stereocenters. The Labute approximate surface area is 140 Å². The van der Waals surface area contributed by atoms with Gasteiger partial charge in [-0.05, 0) is 58.2 Å². The molecule has 0 heterocycles. The average molecular weight is 384 g/mol. The fraction of sp³-hybridized carbons (Fsp3) is 0.133. The molecule has 0 saturated heterocycles. The van der Waals surface area contributed by atoms with Crippen molar-refractivity contribution in [1.82, 2.24) is 0 Å². The summed E-state index contributed by atoms with van der Waals surface area (Å²) in [7, 11) is 2.88. The molecule has 0 saturated carbocycles. The third kappa shape index (κ3) is 3.86. The van der Waals surface area contributed by atoms with E-state index >= 15 is 0 Å². The largest absolute Gasteiger partial charge is 0.507 e. The van der Waals surface area contributed by atoms with Crippen molar-refractivity contribution in [1.29, 1.82) is 0 Å². The summed E-state index contributed by atoms with van der Waals surface area (Å²) < 4.78 is 13.7. The monoisotopic (exact) mass is 383 g/mol. The van der Waals surface area contributed by atoms with Gasteiger partial charge in [-0.15, -0.1) is 0 Å². The fourth-order valence-corrected chi connectivity index (χ4v) is 3.07. The number of carbonyl (C=O) groups excluding carboxylic acids is 1. The molecule has 2 rings (SSSR count). The molecule has 0 aliphatic rings. The minimum atomic E-state index is -0.573. The van der Waals surface area contributed by atoms with Gasteiger partial charge in [0.25, 0.3) is 0 Å². The molecule has 0 fully saturated rings. The second-order valence-corrected chi connectivity index (χ2v) is 5.96. The van der Waals surface area contributed by atoms with Crippen LogP contribution in [0, 0.1) is 0 Å². The van der Waals surface area contributed by atoms with Gasteiger partial charge >= 0.3 is 5.97 Å². The highest BCUT2D eigenvalue weighted by Gasteiger charge is 2.11. The number of phenolic OH excluding ortho intramolecular Hbond substituents is 1. The zero-order valence-electron chi connectivity index (χ0n) is 11.9. The number of aromatic hydroxyl groups is 1. The Balaban J connectivity index is 2.07. The van der Waals surface area contributed by atoms with E-state index in [1.807, 2.05) is 18.2 Å². The molecule has 0 aliphatic carbocycles. The van der Waals surface area contributed by atoms with Gasteiger partial charge < -0.3 is 19.3 Å². The average Bonchev–Trinajstić information content (AvgIpc) is 2.52. The van der Waals surface area contributed by atoms with Crippen LogP contribution in [0.5, 0.6) is 11.5 Å². The lowest BCUT2D eigenvalue weighted by atomic mass is 10.2. The summed E-state index contributed by atoms with van der Waals surface area (Å²) in [6, 6.07) is 10.3. The van der Waals surface area contributed by atoms with Crippen molar-refractivity contribution in [3.63, 3.8) is 0 Å². The molecule has 2 N–H and O–H groups in total. The van der Waals surface area contributed by atoms with E-state index in [-0.39, 0.29) is 11.3 Å². The number of carbonyl (C=O) groups is 1. The molecule has 0 radical (unpaired) electrons. The van der Waals surface area contributed by atoms with Crippen LogP contribution in [0.1, 0.15) is 10.4 Å². The third-order valence-electron chi connectivity index (χ3n) is 2.81. The summed E-state index contributed by atoms with van der Waals surface area (Å²) in [5.74, 6) is 0.0496. The zero-order chi connectivity index (χ0) is 16.1. The molecule has 0 spiro atoms. The van der Waals surface area contributed by atoms with E-state index in [1.54, 1.807) is 13.2 Å². The Morgan fingerprint density at radius 3 is 2.59 bits per heavy atom. The molecule has 0 amide bonds. The molecule has 0 aromatic heterocycles. The molecular weight excluding hydrogens is 370 g/mol. The van der Waals surface area contributed by atoms with Gasteiger partial charge in [-0.25, -0.2) is 4.79 Å². The number of esters is 1. The van der Waals surface area contributed by atoms with Crippen LogP contribution in [0.15, 0.2) is 45.8 Å². The van der Waals surface area contributed by atoms with Gasteiger partial charge in [0.05, 0.1) is 18.7 Å². The highest BCUT2D eigenvalue weighted by atomic mass is 79.9. The standard InChI is InChI=1S/C15H14BrNO4S/c1-20-14-6-4-10(8-12(14)16)22-17-9-3-5-11(13(18)7-9)15(19)21-2/h3-8,17-18H,1-2H3. The van der Waals surface area contributed by atoms with Gasteiger partial charge in [0.1, 0.15) is 17.1 Å². The molecule has 116 valence electrons. The summed E-state index contributed by atoms with van der Waals surface area (Å²) in [4.78, 5) is 12.4. The van der Waals surface area contributed by atoms with E-state index in [1.165, 1.54) is 31.2 Å². The number of methoxy groups -OCH3 is 2. The summed E-state index contributed by atoms with van der Waals surface area (Å²) >= 11 is 4.79. The molecule has 0 bridgehead atoms. The Morgan fingerprint density at radius 2 is 2.00 bits per heavy atom. The van der Waals surface area contributed by atoms with Crippen LogP contribution in [0.25, 0.3) is 0 Å². The molecule has 5 nitrogen and oxygen atoms in total. The number of halogens is 1. The normalized spacial score (nSPS) is 10.1. The summed E-state index contributed by atoms with van der Waals surface area (Å²) in [6.07, 6.45) is 0. The number of phenols is 1. The maximum absolute atomic E-state index is 11.4. The third-order valence-corrected chi connectivity index (χ3v) is 4.26. The van der Waals surface area contributed by atoms with Crippen LogP contribution < -0.4 is 9.46 Å². The van der Waals surface area contributed by atoms with Crippen molar-refractivity contribution in [2.45, 2.75) is 4.90 Å². The molecule has 2 aromatic rings. The SMILES string of the molecule is COC(=O)c1ccc(NSc2ccc(OC)c(Br)c2)cc1O. The first kappa shape index (κ1) is 16.5. The van der Waals surface area contributed by atoms with Crippen molar-refractivity contribution in [3.8, 4) is 11.5 Å². The zero-order valence-corrected chi connectivity index (χ0v) is 14.3. The summed E-state index contributed by atoms with van der Waals surface area (Å²) in [5, 5.41) is 9.83. The fourth-order valence-electron chi connectivity index (χ4n) is 1.71. The Hall–Kier alpha value is -1.86. The summed E-state index contributed by atoms with van der Waals surface area (Å²) in [5.41, 5.74) is 0.798. The van der Waals surface area contributed by atoms with Gasteiger partial charge in [-0.3, -0.25) is 0 Å². The van der Waals surface area contributed by atoms with E-state index in [0.717, 1.165) is 15.1 Å². The van der Waals surface area contributed by atoms with Gasteiger partial charge in [0.15, 0.2) is 0 Å². The van der Waals surface area contributed by atoms with E-state index < -0.39 is 5.97 Å². The van der Waals surface area contributed by atoms with Gasteiger partial charge in [0.2, 0.25) is 0 Å². The molecule has 22 heavy (non-hydrogen) atoms. The minimum Gasteiger partial charge on any atom is -0.507 e. The van der Waals surface area contributed by atoms with Crippen LogP contribution in [0.3, 0.4) is 0 Å². The van der Waals surface area contributed by atoms with E-state index in [9.17, 15) is 9.90 Å². The Kier molecular flexibility index (Phi) is 5.57. The van der Waals surface area contributed by atoms with Crippen molar-refractivity contribution >= 4 is 39.5 Å². The van der Waals surface area contributed by atoms with Crippen LogP contribution in [0.4, 0.5) is 5.69 Å². The lowest BCUT2D eigenvalue weighted by molar-refractivity contribution is 0.0597. The number of benzene rings is 2. The van der Waals surface area contributed by atoms with Gasteiger partial charge in [-0.2, -0.15) is 0 Å². The van der Waals surface area contributed by atoms with Crippen LogP contribution in [0.2, 0.25) is 0 Å². The van der Waals surface area contributed by atoms with Crippen molar-refractivity contribution < 1.29 is 19.4 Å². The second kappa shape index (κ2) is 7.42. The minimum absolute atomic E-state index is 0.130. The molecule has 0 aliphatic heterocycles. The number of rotatable bonds is 5. The summed E-state index contributed by atoms with van der Waals surface area (Å²) in [6.45, 7) is 0. The predicted molar refractivity (Wildman–Crippen MR) is 89.6 cm³/mol. The van der Waals surface area contributed by atoms with E-state index in [0.29, 0.717) is 5.69 Å².